The minimum Gasteiger partial charge on any atom is -0.142 e. The van der Waals surface area contributed by atoms with Gasteiger partial charge in [0.15, 0.2) is 0 Å². The van der Waals surface area contributed by atoms with Crippen molar-refractivity contribution in [3.8, 4) is 9.75 Å². The van der Waals surface area contributed by atoms with Crippen molar-refractivity contribution in [2.75, 3.05) is 0 Å². The molecule has 2 heterocycles. The second-order valence-corrected chi connectivity index (χ2v) is 5.39. The molecule has 0 spiro atoms. The molecule has 2 aromatic rings. The van der Waals surface area contributed by atoms with Gasteiger partial charge in [-0.2, -0.15) is 0 Å². The van der Waals surface area contributed by atoms with E-state index in [2.05, 4.69) is 24.6 Å². The van der Waals surface area contributed by atoms with Gasteiger partial charge in [-0.3, -0.25) is 0 Å². The second-order valence-electron chi connectivity index (χ2n) is 3.63. The summed E-state index contributed by atoms with van der Waals surface area (Å²) < 4.78 is 0. The van der Waals surface area contributed by atoms with E-state index in [1.165, 1.54) is 27.3 Å². The Morgan fingerprint density at radius 1 is 0.923 bits per heavy atom. The summed E-state index contributed by atoms with van der Waals surface area (Å²) in [5, 5.41) is 4.56. The molecule has 66 valence electrons. The van der Waals surface area contributed by atoms with Gasteiger partial charge in [-0.05, 0) is 46.9 Å². The number of rotatable bonds is 0. The van der Waals surface area contributed by atoms with Crippen LogP contribution in [0.5, 0.6) is 0 Å². The third kappa shape index (κ3) is 0.903. The van der Waals surface area contributed by atoms with Gasteiger partial charge in [0.1, 0.15) is 0 Å². The Morgan fingerprint density at radius 3 is 1.85 bits per heavy atom. The summed E-state index contributed by atoms with van der Waals surface area (Å²) in [6, 6.07) is 0. The van der Waals surface area contributed by atoms with Gasteiger partial charge in [0.2, 0.25) is 0 Å². The van der Waals surface area contributed by atoms with Crippen LogP contribution in [-0.4, -0.2) is 0 Å². The molecule has 0 aliphatic heterocycles. The van der Waals surface area contributed by atoms with Crippen LogP contribution in [0.1, 0.15) is 22.3 Å². The molecule has 0 amide bonds. The van der Waals surface area contributed by atoms with Crippen molar-refractivity contribution < 1.29 is 0 Å². The molecule has 1 aliphatic rings. The highest BCUT2D eigenvalue weighted by Crippen LogP contribution is 2.46. The fourth-order valence-electron chi connectivity index (χ4n) is 1.93. The van der Waals surface area contributed by atoms with Crippen LogP contribution in [0.4, 0.5) is 0 Å². The molecule has 0 N–H and O–H groups in total. The molecule has 1 aliphatic carbocycles. The second kappa shape index (κ2) is 2.46. The zero-order chi connectivity index (χ0) is 9.00. The summed E-state index contributed by atoms with van der Waals surface area (Å²) in [5.74, 6) is 0. The first kappa shape index (κ1) is 7.77. The molecule has 0 unspecified atom stereocenters. The van der Waals surface area contributed by atoms with Gasteiger partial charge in [-0.15, -0.1) is 22.7 Å². The SMILES string of the molecule is Cc1csc2c1Cc1c(C)csc1-2. The van der Waals surface area contributed by atoms with Crippen molar-refractivity contribution in [1.29, 1.82) is 0 Å². The summed E-state index contributed by atoms with van der Waals surface area (Å²) in [4.78, 5) is 3.07. The van der Waals surface area contributed by atoms with Gasteiger partial charge in [0, 0.05) is 16.2 Å². The van der Waals surface area contributed by atoms with Gasteiger partial charge >= 0.3 is 0 Å². The van der Waals surface area contributed by atoms with E-state index in [4.69, 9.17) is 0 Å². The van der Waals surface area contributed by atoms with E-state index in [0.717, 1.165) is 0 Å². The van der Waals surface area contributed by atoms with Crippen LogP contribution in [0.2, 0.25) is 0 Å². The van der Waals surface area contributed by atoms with Crippen LogP contribution in [0.15, 0.2) is 10.8 Å². The fourth-order valence-corrected chi connectivity index (χ4v) is 4.31. The number of thiophene rings is 2. The van der Waals surface area contributed by atoms with Gasteiger partial charge in [0.25, 0.3) is 0 Å². The largest absolute Gasteiger partial charge is 0.142 e. The average Bonchev–Trinajstić information content (AvgIpc) is 2.70. The summed E-state index contributed by atoms with van der Waals surface area (Å²) in [6.07, 6.45) is 1.18. The zero-order valence-corrected chi connectivity index (χ0v) is 9.31. The first-order valence-corrected chi connectivity index (χ1v) is 6.17. The molecule has 0 radical (unpaired) electrons. The van der Waals surface area contributed by atoms with E-state index in [1.54, 1.807) is 11.1 Å². The van der Waals surface area contributed by atoms with Gasteiger partial charge in [-0.1, -0.05) is 0 Å². The summed E-state index contributed by atoms with van der Waals surface area (Å²) >= 11 is 3.81. The van der Waals surface area contributed by atoms with E-state index in [9.17, 15) is 0 Å². The number of hydrogen-bond donors (Lipinski definition) is 0. The van der Waals surface area contributed by atoms with Crippen molar-refractivity contribution in [1.82, 2.24) is 0 Å². The van der Waals surface area contributed by atoms with Gasteiger partial charge in [0.05, 0.1) is 0 Å². The van der Waals surface area contributed by atoms with Crippen LogP contribution in [-0.2, 0) is 6.42 Å². The number of aryl methyl sites for hydroxylation is 2. The van der Waals surface area contributed by atoms with E-state index in [0.29, 0.717) is 0 Å². The first-order chi connectivity index (χ1) is 6.27. The smallest absolute Gasteiger partial charge is 0.0483 e. The Bertz CT molecular complexity index is 430. The van der Waals surface area contributed by atoms with E-state index >= 15 is 0 Å². The van der Waals surface area contributed by atoms with Crippen molar-refractivity contribution in [2.24, 2.45) is 0 Å². The predicted molar refractivity (Wildman–Crippen MR) is 59.9 cm³/mol. The Labute approximate surface area is 85.9 Å². The molecule has 0 aromatic carbocycles. The average molecular weight is 206 g/mol. The topological polar surface area (TPSA) is 0 Å². The zero-order valence-electron chi connectivity index (χ0n) is 7.68. The monoisotopic (exact) mass is 206 g/mol. The molecule has 2 heteroatoms. The van der Waals surface area contributed by atoms with Crippen molar-refractivity contribution in [3.63, 3.8) is 0 Å². The minimum absolute atomic E-state index is 1.18. The van der Waals surface area contributed by atoms with Gasteiger partial charge in [-0.25, -0.2) is 0 Å². The highest BCUT2D eigenvalue weighted by atomic mass is 32.1. The van der Waals surface area contributed by atoms with Crippen LogP contribution < -0.4 is 0 Å². The Balaban J connectivity index is 2.32. The molecule has 0 nitrogen and oxygen atoms in total. The molecule has 13 heavy (non-hydrogen) atoms. The van der Waals surface area contributed by atoms with Crippen LogP contribution >= 0.6 is 22.7 Å². The lowest BCUT2D eigenvalue weighted by Crippen LogP contribution is -1.82. The predicted octanol–water partition coefficient (Wildman–Crippen LogP) is 4.00. The number of fused-ring (bicyclic) bond motifs is 3. The molecule has 0 saturated heterocycles. The van der Waals surface area contributed by atoms with E-state index in [1.807, 2.05) is 22.7 Å². The normalized spacial score (nSPS) is 13.1. The molecular formula is C11H10S2. The maximum atomic E-state index is 2.28. The molecule has 0 atom stereocenters. The third-order valence-electron chi connectivity index (χ3n) is 2.77. The Kier molecular flexibility index (Phi) is 1.47. The molecule has 0 fully saturated rings. The quantitative estimate of drug-likeness (QED) is 0.521. The Morgan fingerprint density at radius 2 is 1.38 bits per heavy atom. The summed E-state index contributed by atoms with van der Waals surface area (Å²) in [6.45, 7) is 4.45. The minimum atomic E-state index is 1.18. The van der Waals surface area contributed by atoms with Crippen molar-refractivity contribution in [2.45, 2.75) is 20.3 Å². The third-order valence-corrected chi connectivity index (χ3v) is 5.21. The lowest BCUT2D eigenvalue weighted by Gasteiger charge is -1.93. The van der Waals surface area contributed by atoms with Gasteiger partial charge < -0.3 is 0 Å². The number of hydrogen-bond acceptors (Lipinski definition) is 2. The molecule has 3 rings (SSSR count). The molecular weight excluding hydrogens is 196 g/mol. The van der Waals surface area contributed by atoms with Crippen LogP contribution in [0.3, 0.4) is 0 Å². The maximum Gasteiger partial charge on any atom is 0.0483 e. The van der Waals surface area contributed by atoms with Crippen LogP contribution in [0, 0.1) is 13.8 Å². The van der Waals surface area contributed by atoms with Crippen molar-refractivity contribution in [3.05, 3.63) is 33.0 Å². The molecule has 0 bridgehead atoms. The lowest BCUT2D eigenvalue weighted by atomic mass is 10.1. The van der Waals surface area contributed by atoms with E-state index in [-0.39, 0.29) is 0 Å². The highest BCUT2D eigenvalue weighted by molar-refractivity contribution is 7.21. The Hall–Kier alpha value is -0.600. The fraction of sp³-hybridized carbons (Fsp3) is 0.273. The highest BCUT2D eigenvalue weighted by Gasteiger charge is 2.24. The molecule has 0 saturated carbocycles. The maximum absolute atomic E-state index is 2.28. The first-order valence-electron chi connectivity index (χ1n) is 4.41. The summed E-state index contributed by atoms with van der Waals surface area (Å²) in [7, 11) is 0. The lowest BCUT2D eigenvalue weighted by molar-refractivity contribution is 1.21. The van der Waals surface area contributed by atoms with E-state index < -0.39 is 0 Å². The van der Waals surface area contributed by atoms with Crippen LogP contribution in [0.25, 0.3) is 9.75 Å². The molecule has 2 aromatic heterocycles. The standard InChI is InChI=1S/C11H10S2/c1-6-4-12-10-8(6)3-9-7(2)5-13-11(9)10/h4-5H,3H2,1-2H3. The summed E-state index contributed by atoms with van der Waals surface area (Å²) in [5.41, 5.74) is 6.11. The van der Waals surface area contributed by atoms with Crippen molar-refractivity contribution >= 4 is 22.7 Å².